The quantitative estimate of drug-likeness (QED) is 0.855. The number of Topliss-reactive ketones (excluding diaryl/α,β-unsaturated/α-hetero) is 1. The van der Waals surface area contributed by atoms with Gasteiger partial charge in [-0.3, -0.25) is 14.5 Å². The van der Waals surface area contributed by atoms with E-state index < -0.39 is 22.9 Å². The molecule has 1 aliphatic rings. The fourth-order valence-corrected chi connectivity index (χ4v) is 2.72. The molecule has 5 heteroatoms. The third kappa shape index (κ3) is 3.60. The molecule has 136 valence electrons. The molecule has 1 N–H and O–H groups in total. The summed E-state index contributed by atoms with van der Waals surface area (Å²) in [5, 5.41) is 2.75. The number of urea groups is 1. The molecule has 0 aliphatic carbocycles. The van der Waals surface area contributed by atoms with Gasteiger partial charge in [0.05, 0.1) is 6.54 Å². The summed E-state index contributed by atoms with van der Waals surface area (Å²) in [6.45, 7) is 13.2. The van der Waals surface area contributed by atoms with E-state index in [0.717, 1.165) is 10.5 Å². The minimum absolute atomic E-state index is 0.00747. The standard InChI is InChI=1S/C20H28N2O3/c1-18(2,3)13-8-10-14(11-9-13)20(7)16(24)22(17(25)21-20)12-15(23)19(4,5)6/h8-11H,12H2,1-7H3,(H,21,25). The van der Waals surface area contributed by atoms with Crippen molar-refractivity contribution in [2.75, 3.05) is 6.54 Å². The summed E-state index contributed by atoms with van der Waals surface area (Å²) >= 11 is 0. The van der Waals surface area contributed by atoms with E-state index in [0.29, 0.717) is 5.56 Å². The number of hydrogen-bond acceptors (Lipinski definition) is 3. The molecule has 1 aromatic carbocycles. The van der Waals surface area contributed by atoms with Crippen LogP contribution in [0.25, 0.3) is 0 Å². The van der Waals surface area contributed by atoms with E-state index in [1.165, 1.54) is 0 Å². The maximum Gasteiger partial charge on any atom is 0.325 e. The summed E-state index contributed by atoms with van der Waals surface area (Å²) < 4.78 is 0. The predicted molar refractivity (Wildman–Crippen MR) is 97.2 cm³/mol. The smallest absolute Gasteiger partial charge is 0.319 e. The van der Waals surface area contributed by atoms with Crippen molar-refractivity contribution < 1.29 is 14.4 Å². The van der Waals surface area contributed by atoms with E-state index in [1.807, 2.05) is 24.3 Å². The van der Waals surface area contributed by atoms with Gasteiger partial charge in [0.25, 0.3) is 5.91 Å². The van der Waals surface area contributed by atoms with Crippen LogP contribution in [0.15, 0.2) is 24.3 Å². The number of ketones is 1. The zero-order valence-electron chi connectivity index (χ0n) is 16.2. The molecule has 1 atom stereocenters. The van der Waals surface area contributed by atoms with Gasteiger partial charge in [-0.15, -0.1) is 0 Å². The number of benzene rings is 1. The monoisotopic (exact) mass is 344 g/mol. The van der Waals surface area contributed by atoms with Crippen LogP contribution in [0.2, 0.25) is 0 Å². The van der Waals surface area contributed by atoms with Crippen LogP contribution in [-0.4, -0.2) is 29.2 Å². The van der Waals surface area contributed by atoms with E-state index >= 15 is 0 Å². The number of rotatable bonds is 3. The van der Waals surface area contributed by atoms with Crippen LogP contribution in [0.1, 0.15) is 59.6 Å². The number of imide groups is 1. The molecule has 0 radical (unpaired) electrons. The highest BCUT2D eigenvalue weighted by Crippen LogP contribution is 2.31. The van der Waals surface area contributed by atoms with Crippen molar-refractivity contribution in [3.63, 3.8) is 0 Å². The van der Waals surface area contributed by atoms with Crippen LogP contribution < -0.4 is 5.32 Å². The summed E-state index contributed by atoms with van der Waals surface area (Å²) in [6, 6.07) is 7.17. The molecular formula is C20H28N2O3. The van der Waals surface area contributed by atoms with Gasteiger partial charge in [0.1, 0.15) is 5.54 Å². The molecule has 0 aromatic heterocycles. The summed E-state index contributed by atoms with van der Waals surface area (Å²) in [4.78, 5) is 38.4. The van der Waals surface area contributed by atoms with Crippen molar-refractivity contribution in [3.05, 3.63) is 35.4 Å². The van der Waals surface area contributed by atoms with E-state index in [4.69, 9.17) is 0 Å². The number of carbonyl (C=O) groups excluding carboxylic acids is 3. The van der Waals surface area contributed by atoms with Crippen molar-refractivity contribution in [3.8, 4) is 0 Å². The Morgan fingerprint density at radius 3 is 2.00 bits per heavy atom. The zero-order valence-corrected chi connectivity index (χ0v) is 16.2. The molecule has 3 amide bonds. The first-order chi connectivity index (χ1) is 11.3. The van der Waals surface area contributed by atoms with E-state index in [2.05, 4.69) is 26.1 Å². The van der Waals surface area contributed by atoms with Crippen LogP contribution in [0.4, 0.5) is 4.79 Å². The maximum atomic E-state index is 12.9. The third-order valence-corrected chi connectivity index (χ3v) is 4.74. The van der Waals surface area contributed by atoms with Crippen LogP contribution >= 0.6 is 0 Å². The van der Waals surface area contributed by atoms with Crippen LogP contribution in [0, 0.1) is 5.41 Å². The van der Waals surface area contributed by atoms with Gasteiger partial charge in [-0.2, -0.15) is 0 Å². The minimum Gasteiger partial charge on any atom is -0.319 e. The third-order valence-electron chi connectivity index (χ3n) is 4.74. The minimum atomic E-state index is -1.15. The van der Waals surface area contributed by atoms with Gasteiger partial charge in [0, 0.05) is 5.41 Å². The number of nitrogens with one attached hydrogen (secondary N) is 1. The molecular weight excluding hydrogens is 316 g/mol. The number of hydrogen-bond donors (Lipinski definition) is 1. The topological polar surface area (TPSA) is 66.5 Å². The lowest BCUT2D eigenvalue weighted by Crippen LogP contribution is -2.42. The highest BCUT2D eigenvalue weighted by molar-refractivity contribution is 6.09. The SMILES string of the molecule is CC(C)(C)C(=O)CN1C(=O)NC(C)(c2ccc(C(C)(C)C)cc2)C1=O. The Morgan fingerprint density at radius 2 is 1.56 bits per heavy atom. The molecule has 0 bridgehead atoms. The average molecular weight is 344 g/mol. The zero-order chi connectivity index (χ0) is 19.2. The Balaban J connectivity index is 2.29. The molecule has 1 heterocycles. The second-order valence-electron chi connectivity index (χ2n) is 8.95. The second-order valence-corrected chi connectivity index (χ2v) is 8.95. The van der Waals surface area contributed by atoms with Gasteiger partial charge in [-0.05, 0) is 23.5 Å². The van der Waals surface area contributed by atoms with Crippen molar-refractivity contribution >= 4 is 17.7 Å². The lowest BCUT2D eigenvalue weighted by atomic mass is 9.84. The first-order valence-electron chi connectivity index (χ1n) is 8.55. The Morgan fingerprint density at radius 1 is 1.04 bits per heavy atom. The van der Waals surface area contributed by atoms with Crippen molar-refractivity contribution in [2.45, 2.75) is 59.4 Å². The Hall–Kier alpha value is -2.17. The van der Waals surface area contributed by atoms with Crippen molar-refractivity contribution in [2.24, 2.45) is 5.41 Å². The van der Waals surface area contributed by atoms with E-state index in [9.17, 15) is 14.4 Å². The summed E-state index contributed by atoms with van der Waals surface area (Å²) in [6.07, 6.45) is 0. The van der Waals surface area contributed by atoms with Crippen LogP contribution in [0.3, 0.4) is 0 Å². The predicted octanol–water partition coefficient (Wildman–Crippen LogP) is 3.37. The first kappa shape index (κ1) is 19.2. The van der Waals surface area contributed by atoms with Gasteiger partial charge in [-0.1, -0.05) is 65.8 Å². The number of nitrogens with zero attached hydrogens (tertiary/aromatic N) is 1. The Bertz CT molecular complexity index is 708. The van der Waals surface area contributed by atoms with Crippen molar-refractivity contribution in [1.82, 2.24) is 10.2 Å². The fraction of sp³-hybridized carbons (Fsp3) is 0.550. The number of amides is 3. The molecule has 1 fully saturated rings. The summed E-state index contributed by atoms with van der Waals surface area (Å²) in [7, 11) is 0. The van der Waals surface area contributed by atoms with Crippen LogP contribution in [-0.2, 0) is 20.5 Å². The maximum absolute atomic E-state index is 12.9. The molecule has 0 spiro atoms. The van der Waals surface area contributed by atoms with Gasteiger partial charge in [0.15, 0.2) is 5.78 Å². The molecule has 1 aromatic rings. The summed E-state index contributed by atoms with van der Waals surface area (Å²) in [5.74, 6) is -0.540. The van der Waals surface area contributed by atoms with Crippen LogP contribution in [0.5, 0.6) is 0 Å². The Labute approximate surface area is 149 Å². The van der Waals surface area contributed by atoms with Gasteiger partial charge >= 0.3 is 6.03 Å². The average Bonchev–Trinajstić information content (AvgIpc) is 2.70. The van der Waals surface area contributed by atoms with Gasteiger partial charge in [-0.25, -0.2) is 4.79 Å². The fourth-order valence-electron chi connectivity index (χ4n) is 2.72. The highest BCUT2D eigenvalue weighted by atomic mass is 16.2. The molecule has 1 unspecified atom stereocenters. The Kier molecular flexibility index (Phi) is 4.58. The van der Waals surface area contributed by atoms with Gasteiger partial charge in [0.2, 0.25) is 0 Å². The van der Waals surface area contributed by atoms with Crippen molar-refractivity contribution in [1.29, 1.82) is 0 Å². The molecule has 2 rings (SSSR count). The largest absolute Gasteiger partial charge is 0.325 e. The molecule has 1 saturated heterocycles. The van der Waals surface area contributed by atoms with E-state index in [1.54, 1.807) is 27.7 Å². The second kappa shape index (κ2) is 5.97. The lowest BCUT2D eigenvalue weighted by molar-refractivity contribution is -0.136. The van der Waals surface area contributed by atoms with E-state index in [-0.39, 0.29) is 17.7 Å². The number of carbonyl (C=O) groups is 3. The highest BCUT2D eigenvalue weighted by Gasteiger charge is 2.49. The summed E-state index contributed by atoms with van der Waals surface area (Å²) in [5.41, 5.74) is 0.119. The normalized spacial score (nSPS) is 21.5. The molecule has 1 aliphatic heterocycles. The molecule has 25 heavy (non-hydrogen) atoms. The lowest BCUT2D eigenvalue weighted by Gasteiger charge is -2.25. The molecule has 0 saturated carbocycles. The first-order valence-corrected chi connectivity index (χ1v) is 8.55. The van der Waals surface area contributed by atoms with Gasteiger partial charge < -0.3 is 5.32 Å². The molecule has 5 nitrogen and oxygen atoms in total.